The fraction of sp³-hybridized carbons (Fsp3) is 0.294. The normalized spacial score (nSPS) is 14.7. The molecule has 0 bridgehead atoms. The second kappa shape index (κ2) is 6.56. The molecule has 1 aliphatic rings. The molecule has 6 heteroatoms. The van der Waals surface area contributed by atoms with Gasteiger partial charge >= 0.3 is 5.97 Å². The lowest BCUT2D eigenvalue weighted by atomic mass is 10.1. The first-order chi connectivity index (χ1) is 11.2. The Kier molecular flexibility index (Phi) is 4.32. The van der Waals surface area contributed by atoms with Gasteiger partial charge in [0.1, 0.15) is 0 Å². The van der Waals surface area contributed by atoms with E-state index in [9.17, 15) is 9.59 Å². The minimum atomic E-state index is -0.352. The average Bonchev–Trinajstić information content (AvgIpc) is 3.15. The monoisotopic (exact) mass is 314 g/mol. The summed E-state index contributed by atoms with van der Waals surface area (Å²) in [5.74, 6) is -0.0981. The molecular formula is C17H18N2O4. The number of benzene rings is 1. The number of ether oxygens (including phenoxy) is 1. The second-order valence-electron chi connectivity index (χ2n) is 5.27. The summed E-state index contributed by atoms with van der Waals surface area (Å²) >= 11 is 0. The van der Waals surface area contributed by atoms with Crippen molar-refractivity contribution in [3.63, 3.8) is 0 Å². The van der Waals surface area contributed by atoms with Crippen LogP contribution in [0.15, 0.2) is 47.1 Å². The number of hydrogen-bond donors (Lipinski definition) is 0. The first-order valence-corrected chi connectivity index (χ1v) is 7.46. The van der Waals surface area contributed by atoms with Gasteiger partial charge in [0.05, 0.1) is 24.6 Å². The van der Waals surface area contributed by atoms with Gasteiger partial charge in [-0.1, -0.05) is 12.1 Å². The number of esters is 1. The van der Waals surface area contributed by atoms with E-state index in [1.807, 2.05) is 18.2 Å². The van der Waals surface area contributed by atoms with Crippen LogP contribution in [0.25, 0.3) is 0 Å². The summed E-state index contributed by atoms with van der Waals surface area (Å²) in [6.45, 7) is 2.46. The highest BCUT2D eigenvalue weighted by Crippen LogP contribution is 2.23. The third-order valence-electron chi connectivity index (χ3n) is 3.95. The Morgan fingerprint density at radius 1 is 1.04 bits per heavy atom. The molecule has 0 unspecified atom stereocenters. The molecule has 0 N–H and O–H groups in total. The Labute approximate surface area is 134 Å². The summed E-state index contributed by atoms with van der Waals surface area (Å²) in [6, 6.07) is 10.7. The number of carbonyl (C=O) groups is 2. The summed E-state index contributed by atoms with van der Waals surface area (Å²) in [5.41, 5.74) is 1.38. The van der Waals surface area contributed by atoms with Crippen LogP contribution in [0, 0.1) is 0 Å². The molecule has 1 aromatic heterocycles. The summed E-state index contributed by atoms with van der Waals surface area (Å²) in [6.07, 6.45) is 1.50. The Morgan fingerprint density at radius 3 is 2.43 bits per heavy atom. The van der Waals surface area contributed by atoms with E-state index in [1.165, 1.54) is 13.4 Å². The van der Waals surface area contributed by atoms with Crippen molar-refractivity contribution in [1.82, 2.24) is 4.90 Å². The lowest BCUT2D eigenvalue weighted by Gasteiger charge is -2.36. The van der Waals surface area contributed by atoms with Gasteiger partial charge in [0, 0.05) is 26.2 Å². The van der Waals surface area contributed by atoms with Gasteiger partial charge in [-0.3, -0.25) is 4.79 Å². The van der Waals surface area contributed by atoms with Crippen LogP contribution < -0.4 is 4.90 Å². The average molecular weight is 314 g/mol. The van der Waals surface area contributed by atoms with Crippen molar-refractivity contribution in [2.45, 2.75) is 0 Å². The number of anilines is 1. The van der Waals surface area contributed by atoms with Crippen LogP contribution in [0.2, 0.25) is 0 Å². The Bertz CT molecular complexity index is 688. The van der Waals surface area contributed by atoms with Crippen molar-refractivity contribution in [3.8, 4) is 0 Å². The number of amides is 1. The maximum absolute atomic E-state index is 12.3. The van der Waals surface area contributed by atoms with Crippen LogP contribution in [-0.2, 0) is 4.74 Å². The molecule has 6 nitrogen and oxygen atoms in total. The molecule has 1 aromatic carbocycles. The van der Waals surface area contributed by atoms with Crippen molar-refractivity contribution in [1.29, 1.82) is 0 Å². The van der Waals surface area contributed by atoms with Crippen molar-refractivity contribution < 1.29 is 18.7 Å². The van der Waals surface area contributed by atoms with Gasteiger partial charge in [0.2, 0.25) is 0 Å². The molecule has 1 amide bonds. The van der Waals surface area contributed by atoms with Crippen molar-refractivity contribution in [2.24, 2.45) is 0 Å². The van der Waals surface area contributed by atoms with Gasteiger partial charge < -0.3 is 19.0 Å². The molecule has 1 saturated heterocycles. The van der Waals surface area contributed by atoms with Gasteiger partial charge in [-0.15, -0.1) is 0 Å². The maximum atomic E-state index is 12.3. The van der Waals surface area contributed by atoms with Gasteiger partial charge in [0.15, 0.2) is 5.76 Å². The zero-order valence-electron chi connectivity index (χ0n) is 12.9. The largest absolute Gasteiger partial charge is 0.465 e. The van der Waals surface area contributed by atoms with E-state index >= 15 is 0 Å². The fourth-order valence-electron chi connectivity index (χ4n) is 2.74. The molecule has 0 radical (unpaired) electrons. The fourth-order valence-corrected chi connectivity index (χ4v) is 2.74. The Hall–Kier alpha value is -2.76. The van der Waals surface area contributed by atoms with Crippen LogP contribution in [0.1, 0.15) is 20.9 Å². The molecule has 0 aliphatic carbocycles. The second-order valence-corrected chi connectivity index (χ2v) is 5.27. The predicted molar refractivity (Wildman–Crippen MR) is 84.6 cm³/mol. The Morgan fingerprint density at radius 2 is 1.78 bits per heavy atom. The zero-order valence-corrected chi connectivity index (χ0v) is 12.9. The molecule has 120 valence electrons. The molecular weight excluding hydrogens is 296 g/mol. The van der Waals surface area contributed by atoms with E-state index in [-0.39, 0.29) is 11.9 Å². The summed E-state index contributed by atoms with van der Waals surface area (Å²) in [5, 5.41) is 0. The number of carbonyl (C=O) groups excluding carboxylic acids is 2. The summed E-state index contributed by atoms with van der Waals surface area (Å²) < 4.78 is 9.99. The number of nitrogens with zero attached hydrogens (tertiary/aromatic N) is 2. The first kappa shape index (κ1) is 15.1. The minimum Gasteiger partial charge on any atom is -0.465 e. The van der Waals surface area contributed by atoms with E-state index in [0.29, 0.717) is 37.5 Å². The third-order valence-corrected chi connectivity index (χ3v) is 3.95. The molecule has 3 rings (SSSR count). The molecule has 23 heavy (non-hydrogen) atoms. The number of para-hydroxylation sites is 1. The van der Waals surface area contributed by atoms with E-state index in [0.717, 1.165) is 5.69 Å². The highest BCUT2D eigenvalue weighted by molar-refractivity contribution is 5.96. The van der Waals surface area contributed by atoms with Gasteiger partial charge in [-0.2, -0.15) is 0 Å². The topological polar surface area (TPSA) is 63.0 Å². The van der Waals surface area contributed by atoms with Crippen LogP contribution in [0.5, 0.6) is 0 Å². The van der Waals surface area contributed by atoms with E-state index in [2.05, 4.69) is 4.90 Å². The molecule has 1 fully saturated rings. The lowest BCUT2D eigenvalue weighted by Crippen LogP contribution is -2.49. The van der Waals surface area contributed by atoms with E-state index < -0.39 is 0 Å². The standard InChI is InChI=1S/C17H18N2O4/c1-22-17(21)13-5-2-3-6-14(13)18-8-10-19(11-9-18)16(20)15-7-4-12-23-15/h2-7,12H,8-11H2,1H3. The molecule has 0 saturated carbocycles. The molecule has 2 heterocycles. The van der Waals surface area contributed by atoms with Crippen LogP contribution in [0.4, 0.5) is 5.69 Å². The highest BCUT2D eigenvalue weighted by atomic mass is 16.5. The first-order valence-electron chi connectivity index (χ1n) is 7.46. The van der Waals surface area contributed by atoms with Crippen molar-refractivity contribution in [2.75, 3.05) is 38.2 Å². The molecule has 0 atom stereocenters. The van der Waals surface area contributed by atoms with E-state index in [4.69, 9.17) is 9.15 Å². The molecule has 0 spiro atoms. The smallest absolute Gasteiger partial charge is 0.339 e. The van der Waals surface area contributed by atoms with Crippen molar-refractivity contribution >= 4 is 17.6 Å². The molecule has 2 aromatic rings. The quantitative estimate of drug-likeness (QED) is 0.811. The number of furan rings is 1. The van der Waals surface area contributed by atoms with Crippen LogP contribution in [0.3, 0.4) is 0 Å². The number of methoxy groups -OCH3 is 1. The van der Waals surface area contributed by atoms with Crippen molar-refractivity contribution in [3.05, 3.63) is 54.0 Å². The van der Waals surface area contributed by atoms with Gasteiger partial charge in [0.25, 0.3) is 5.91 Å². The number of hydrogen-bond acceptors (Lipinski definition) is 5. The summed E-state index contributed by atoms with van der Waals surface area (Å²) in [7, 11) is 1.37. The Balaban J connectivity index is 1.70. The summed E-state index contributed by atoms with van der Waals surface area (Å²) in [4.78, 5) is 28.0. The van der Waals surface area contributed by atoms with Gasteiger partial charge in [-0.05, 0) is 24.3 Å². The van der Waals surface area contributed by atoms with Crippen LogP contribution in [-0.4, -0.2) is 50.1 Å². The number of rotatable bonds is 3. The zero-order chi connectivity index (χ0) is 16.2. The third kappa shape index (κ3) is 3.06. The maximum Gasteiger partial charge on any atom is 0.339 e. The minimum absolute atomic E-state index is 0.101. The van der Waals surface area contributed by atoms with Crippen LogP contribution >= 0.6 is 0 Å². The SMILES string of the molecule is COC(=O)c1ccccc1N1CCN(C(=O)c2ccco2)CC1. The lowest BCUT2D eigenvalue weighted by molar-refractivity contribution is 0.0599. The van der Waals surface area contributed by atoms with Gasteiger partial charge in [-0.25, -0.2) is 4.79 Å². The highest BCUT2D eigenvalue weighted by Gasteiger charge is 2.25. The number of piperazine rings is 1. The van der Waals surface area contributed by atoms with E-state index in [1.54, 1.807) is 23.1 Å². The predicted octanol–water partition coefficient (Wildman–Crippen LogP) is 2.03. The molecule has 1 aliphatic heterocycles.